The van der Waals surface area contributed by atoms with Crippen LogP contribution in [0.25, 0.3) is 0 Å². The number of hydrogen-bond acceptors (Lipinski definition) is 5. The maximum atomic E-state index is 12.5. The highest BCUT2D eigenvalue weighted by Crippen LogP contribution is 2.24. The third-order valence-corrected chi connectivity index (χ3v) is 5.51. The van der Waals surface area contributed by atoms with E-state index in [0.717, 1.165) is 12.8 Å². The van der Waals surface area contributed by atoms with Gasteiger partial charge >= 0.3 is 5.97 Å². The molecule has 0 radical (unpaired) electrons. The molecule has 1 aromatic carbocycles. The molecule has 1 N–H and O–H groups in total. The Hall–Kier alpha value is -1.44. The summed E-state index contributed by atoms with van der Waals surface area (Å²) in [5.41, 5.74) is -0.941. The van der Waals surface area contributed by atoms with Gasteiger partial charge in [-0.25, -0.2) is 13.2 Å². The van der Waals surface area contributed by atoms with Crippen LogP contribution in [0.1, 0.15) is 31.7 Å². The van der Waals surface area contributed by atoms with E-state index in [0.29, 0.717) is 18.6 Å². The van der Waals surface area contributed by atoms with Crippen molar-refractivity contribution >= 4 is 16.0 Å². The minimum Gasteiger partial charge on any atom is -0.467 e. The van der Waals surface area contributed by atoms with E-state index in [9.17, 15) is 13.2 Å². The highest BCUT2D eigenvalue weighted by molar-refractivity contribution is 7.89. The molecule has 0 saturated carbocycles. The Kier molecular flexibility index (Phi) is 5.78. The Labute approximate surface area is 137 Å². The molecule has 2 unspecified atom stereocenters. The standard InChI is InChI=1S/C16H23NO5S/c1-16(15(18)21-2,13-8-4-3-5-9-13)17-23(19,20)12-14-10-6-7-11-22-14/h3-5,8-9,14,17H,6-7,10-12H2,1-2H3. The monoisotopic (exact) mass is 341 g/mol. The van der Waals surface area contributed by atoms with Crippen molar-refractivity contribution in [2.24, 2.45) is 0 Å². The molecule has 0 aliphatic carbocycles. The molecule has 0 aromatic heterocycles. The van der Waals surface area contributed by atoms with E-state index in [1.807, 2.05) is 0 Å². The molecular weight excluding hydrogens is 318 g/mol. The summed E-state index contributed by atoms with van der Waals surface area (Å²) >= 11 is 0. The lowest BCUT2D eigenvalue weighted by atomic mass is 9.93. The SMILES string of the molecule is COC(=O)C(C)(NS(=O)(=O)CC1CCCCO1)c1ccccc1. The van der Waals surface area contributed by atoms with Crippen LogP contribution in [0.15, 0.2) is 30.3 Å². The first-order chi connectivity index (χ1) is 10.9. The van der Waals surface area contributed by atoms with Gasteiger partial charge in [0.05, 0.1) is 19.0 Å². The number of esters is 1. The van der Waals surface area contributed by atoms with Crippen LogP contribution < -0.4 is 4.72 Å². The van der Waals surface area contributed by atoms with Crippen molar-refractivity contribution in [1.29, 1.82) is 0 Å². The number of carbonyl (C=O) groups excluding carboxylic acids is 1. The fourth-order valence-corrected chi connectivity index (χ4v) is 4.39. The minimum atomic E-state index is -3.72. The van der Waals surface area contributed by atoms with Gasteiger partial charge < -0.3 is 9.47 Å². The summed E-state index contributed by atoms with van der Waals surface area (Å²) in [5.74, 6) is -0.816. The molecule has 1 aromatic rings. The van der Waals surface area contributed by atoms with Gasteiger partial charge in [-0.3, -0.25) is 0 Å². The van der Waals surface area contributed by atoms with Gasteiger partial charge in [-0.15, -0.1) is 0 Å². The van der Waals surface area contributed by atoms with E-state index >= 15 is 0 Å². The quantitative estimate of drug-likeness (QED) is 0.794. The highest BCUT2D eigenvalue weighted by Gasteiger charge is 2.40. The predicted octanol–water partition coefficient (Wildman–Crippen LogP) is 1.56. The van der Waals surface area contributed by atoms with Gasteiger partial charge in [0.1, 0.15) is 0 Å². The zero-order valence-corrected chi connectivity index (χ0v) is 14.3. The van der Waals surface area contributed by atoms with E-state index in [4.69, 9.17) is 9.47 Å². The molecule has 1 aliphatic rings. The molecule has 7 heteroatoms. The molecule has 1 aliphatic heterocycles. The average molecular weight is 341 g/mol. The molecule has 1 fully saturated rings. The first-order valence-electron chi connectivity index (χ1n) is 7.64. The van der Waals surface area contributed by atoms with E-state index in [-0.39, 0.29) is 11.9 Å². The summed E-state index contributed by atoms with van der Waals surface area (Å²) < 4.78 is 37.8. The average Bonchev–Trinajstić information content (AvgIpc) is 2.54. The van der Waals surface area contributed by atoms with Crippen LogP contribution in [0, 0.1) is 0 Å². The van der Waals surface area contributed by atoms with Gasteiger partial charge in [0.2, 0.25) is 10.0 Å². The second-order valence-corrected chi connectivity index (χ2v) is 7.62. The molecular formula is C16H23NO5S. The Bertz CT molecular complexity index is 625. The van der Waals surface area contributed by atoms with Crippen molar-refractivity contribution in [2.75, 3.05) is 19.5 Å². The van der Waals surface area contributed by atoms with Crippen molar-refractivity contribution in [2.45, 2.75) is 37.8 Å². The molecule has 1 heterocycles. The van der Waals surface area contributed by atoms with Crippen LogP contribution in [0.5, 0.6) is 0 Å². The molecule has 2 rings (SSSR count). The molecule has 0 amide bonds. The fraction of sp³-hybridized carbons (Fsp3) is 0.562. The minimum absolute atomic E-state index is 0.160. The van der Waals surface area contributed by atoms with Gasteiger partial charge in [-0.05, 0) is 31.7 Å². The molecule has 0 bridgehead atoms. The second-order valence-electron chi connectivity index (χ2n) is 5.85. The van der Waals surface area contributed by atoms with Crippen LogP contribution >= 0.6 is 0 Å². The maximum Gasteiger partial charge on any atom is 0.331 e. The number of ether oxygens (including phenoxy) is 2. The second kappa shape index (κ2) is 7.42. The van der Waals surface area contributed by atoms with Gasteiger partial charge in [-0.1, -0.05) is 30.3 Å². The summed E-state index contributed by atoms with van der Waals surface area (Å²) in [4.78, 5) is 12.2. The normalized spacial score (nSPS) is 21.4. The van der Waals surface area contributed by atoms with Gasteiger partial charge in [-0.2, -0.15) is 4.72 Å². The Morgan fingerprint density at radius 2 is 2.04 bits per heavy atom. The number of methoxy groups -OCH3 is 1. The number of benzene rings is 1. The number of carbonyl (C=O) groups is 1. The Morgan fingerprint density at radius 3 is 2.61 bits per heavy atom. The highest BCUT2D eigenvalue weighted by atomic mass is 32.2. The lowest BCUT2D eigenvalue weighted by Gasteiger charge is -2.29. The zero-order chi connectivity index (χ0) is 16.9. The largest absolute Gasteiger partial charge is 0.467 e. The van der Waals surface area contributed by atoms with Gasteiger partial charge in [0, 0.05) is 6.61 Å². The number of nitrogens with one attached hydrogen (secondary N) is 1. The van der Waals surface area contributed by atoms with Crippen molar-refractivity contribution in [3.63, 3.8) is 0 Å². The number of sulfonamides is 1. The molecule has 6 nitrogen and oxygen atoms in total. The molecule has 0 spiro atoms. The van der Waals surface area contributed by atoms with E-state index in [1.54, 1.807) is 30.3 Å². The van der Waals surface area contributed by atoms with Gasteiger partial charge in [0.25, 0.3) is 0 Å². The van der Waals surface area contributed by atoms with Crippen molar-refractivity contribution in [1.82, 2.24) is 4.72 Å². The third kappa shape index (κ3) is 4.53. The first kappa shape index (κ1) is 17.9. The molecule has 2 atom stereocenters. The lowest BCUT2D eigenvalue weighted by Crippen LogP contribution is -2.52. The van der Waals surface area contributed by atoms with E-state index in [1.165, 1.54) is 14.0 Å². The summed E-state index contributed by atoms with van der Waals surface area (Å²) in [6.07, 6.45) is 2.28. The Balaban J connectivity index is 2.21. The number of hydrogen-bond donors (Lipinski definition) is 1. The van der Waals surface area contributed by atoms with Gasteiger partial charge in [0.15, 0.2) is 5.54 Å². The van der Waals surface area contributed by atoms with E-state index < -0.39 is 21.5 Å². The molecule has 1 saturated heterocycles. The van der Waals surface area contributed by atoms with Crippen LogP contribution in [0.4, 0.5) is 0 Å². The van der Waals surface area contributed by atoms with Crippen LogP contribution in [-0.4, -0.2) is 40.0 Å². The first-order valence-corrected chi connectivity index (χ1v) is 9.30. The lowest BCUT2D eigenvalue weighted by molar-refractivity contribution is -0.147. The van der Waals surface area contributed by atoms with Crippen molar-refractivity contribution in [3.05, 3.63) is 35.9 Å². The van der Waals surface area contributed by atoms with Crippen molar-refractivity contribution in [3.8, 4) is 0 Å². The third-order valence-electron chi connectivity index (χ3n) is 3.98. The summed E-state index contributed by atoms with van der Waals surface area (Å²) in [6.45, 7) is 2.08. The summed E-state index contributed by atoms with van der Waals surface area (Å²) in [5, 5.41) is 0. The molecule has 128 valence electrons. The topological polar surface area (TPSA) is 81.7 Å². The fourth-order valence-electron chi connectivity index (χ4n) is 2.73. The molecule has 23 heavy (non-hydrogen) atoms. The van der Waals surface area contributed by atoms with Crippen molar-refractivity contribution < 1.29 is 22.7 Å². The smallest absolute Gasteiger partial charge is 0.331 e. The maximum absolute atomic E-state index is 12.5. The van der Waals surface area contributed by atoms with Crippen LogP contribution in [0.3, 0.4) is 0 Å². The number of rotatable bonds is 6. The van der Waals surface area contributed by atoms with Crippen LogP contribution in [-0.2, 0) is 29.8 Å². The zero-order valence-electron chi connectivity index (χ0n) is 13.4. The summed E-state index contributed by atoms with van der Waals surface area (Å²) in [6, 6.07) is 8.67. The predicted molar refractivity (Wildman–Crippen MR) is 86.3 cm³/mol. The Morgan fingerprint density at radius 1 is 1.35 bits per heavy atom. The summed E-state index contributed by atoms with van der Waals surface area (Å²) in [7, 11) is -2.48. The van der Waals surface area contributed by atoms with E-state index in [2.05, 4.69) is 4.72 Å². The van der Waals surface area contributed by atoms with Crippen LogP contribution in [0.2, 0.25) is 0 Å².